The molecular formula is C13H15BrN4O. The summed E-state index contributed by atoms with van der Waals surface area (Å²) in [7, 11) is 0. The van der Waals surface area contributed by atoms with Gasteiger partial charge in [-0.2, -0.15) is 0 Å². The fourth-order valence-corrected chi connectivity index (χ4v) is 2.87. The molecule has 0 radical (unpaired) electrons. The number of hydrogen-bond acceptors (Lipinski definition) is 2. The van der Waals surface area contributed by atoms with E-state index in [0.29, 0.717) is 11.7 Å². The number of piperidine rings is 1. The number of nitrogens with one attached hydrogen (secondary N) is 1. The molecule has 0 spiro atoms. The minimum atomic E-state index is 0.0653. The normalized spacial score (nSPS) is 19.6. The lowest BCUT2D eigenvalue weighted by Crippen LogP contribution is -2.40. The number of hydrogen-bond donors (Lipinski definition) is 1. The summed E-state index contributed by atoms with van der Waals surface area (Å²) >= 11 is 3.35. The zero-order valence-corrected chi connectivity index (χ0v) is 12.0. The first-order valence-electron chi connectivity index (χ1n) is 6.34. The monoisotopic (exact) mass is 322 g/mol. The molecule has 0 bridgehead atoms. The second-order valence-corrected chi connectivity index (χ2v) is 5.70. The van der Waals surface area contributed by atoms with Crippen LogP contribution >= 0.6 is 15.9 Å². The topological polar surface area (TPSA) is 53.9 Å². The molecule has 0 aliphatic carbocycles. The van der Waals surface area contributed by atoms with Crippen LogP contribution in [0.25, 0.3) is 0 Å². The SMILES string of the molecule is O=C(c1cc(Br)c[nH]1)N1CCC[C@H](n2ccnc2)C1. The van der Waals surface area contributed by atoms with Crippen molar-refractivity contribution in [2.45, 2.75) is 18.9 Å². The molecule has 2 aromatic heterocycles. The van der Waals surface area contributed by atoms with Crippen molar-refractivity contribution < 1.29 is 4.79 Å². The highest BCUT2D eigenvalue weighted by atomic mass is 79.9. The van der Waals surface area contributed by atoms with Crippen LogP contribution in [0.4, 0.5) is 0 Å². The molecule has 100 valence electrons. The van der Waals surface area contributed by atoms with Gasteiger partial charge in [0.1, 0.15) is 5.69 Å². The van der Waals surface area contributed by atoms with E-state index < -0.39 is 0 Å². The van der Waals surface area contributed by atoms with E-state index in [0.717, 1.165) is 30.4 Å². The molecule has 1 amide bonds. The van der Waals surface area contributed by atoms with Gasteiger partial charge in [0.2, 0.25) is 0 Å². The second-order valence-electron chi connectivity index (χ2n) is 4.79. The Labute approximate surface area is 119 Å². The first-order valence-corrected chi connectivity index (χ1v) is 7.14. The first kappa shape index (κ1) is 12.5. The third kappa shape index (κ3) is 2.58. The standard InChI is InChI=1S/C13H15BrN4O/c14-10-6-12(16-7-10)13(19)17-4-1-2-11(8-17)18-5-3-15-9-18/h3,5-7,9,11,16H,1-2,4,8H2/t11-/m0/s1. The molecule has 1 aliphatic heterocycles. The highest BCUT2D eigenvalue weighted by molar-refractivity contribution is 9.10. The molecule has 3 heterocycles. The number of H-pyrrole nitrogens is 1. The van der Waals surface area contributed by atoms with Gasteiger partial charge in [-0.05, 0) is 34.8 Å². The van der Waals surface area contributed by atoms with E-state index >= 15 is 0 Å². The van der Waals surface area contributed by atoms with E-state index in [1.807, 2.05) is 23.5 Å². The molecule has 0 aromatic carbocycles. The van der Waals surface area contributed by atoms with Gasteiger partial charge in [-0.15, -0.1) is 0 Å². The minimum absolute atomic E-state index is 0.0653. The summed E-state index contributed by atoms with van der Waals surface area (Å²) in [6, 6.07) is 2.15. The van der Waals surface area contributed by atoms with Gasteiger partial charge < -0.3 is 14.5 Å². The molecule has 2 aromatic rings. The number of carbonyl (C=O) groups excluding carboxylic acids is 1. The number of aromatic nitrogens is 3. The van der Waals surface area contributed by atoms with E-state index in [1.165, 1.54) is 0 Å². The van der Waals surface area contributed by atoms with Crippen molar-refractivity contribution in [1.82, 2.24) is 19.4 Å². The molecule has 1 saturated heterocycles. The summed E-state index contributed by atoms with van der Waals surface area (Å²) in [5.41, 5.74) is 0.637. The molecule has 1 atom stereocenters. The van der Waals surface area contributed by atoms with Crippen molar-refractivity contribution in [1.29, 1.82) is 0 Å². The van der Waals surface area contributed by atoms with E-state index in [4.69, 9.17) is 0 Å². The molecule has 5 nitrogen and oxygen atoms in total. The average Bonchev–Trinajstić information content (AvgIpc) is 3.09. The molecule has 1 fully saturated rings. The molecular weight excluding hydrogens is 308 g/mol. The Morgan fingerprint density at radius 3 is 3.11 bits per heavy atom. The summed E-state index contributed by atoms with van der Waals surface area (Å²) in [5.74, 6) is 0.0653. The maximum Gasteiger partial charge on any atom is 0.270 e. The fraction of sp³-hybridized carbons (Fsp3) is 0.385. The fourth-order valence-electron chi connectivity index (χ4n) is 2.53. The zero-order valence-electron chi connectivity index (χ0n) is 10.4. The summed E-state index contributed by atoms with van der Waals surface area (Å²) in [6.07, 6.45) is 9.46. The number of amides is 1. The molecule has 6 heteroatoms. The third-order valence-electron chi connectivity index (χ3n) is 3.51. The van der Waals surface area contributed by atoms with Crippen molar-refractivity contribution in [3.05, 3.63) is 41.2 Å². The van der Waals surface area contributed by atoms with Crippen LogP contribution in [-0.2, 0) is 0 Å². The van der Waals surface area contributed by atoms with Crippen LogP contribution in [0.1, 0.15) is 29.4 Å². The van der Waals surface area contributed by atoms with Crippen LogP contribution in [0.2, 0.25) is 0 Å². The zero-order chi connectivity index (χ0) is 13.2. The summed E-state index contributed by atoms with van der Waals surface area (Å²) in [6.45, 7) is 1.56. The number of carbonyl (C=O) groups is 1. The predicted octanol–water partition coefficient (Wildman–Crippen LogP) is 2.45. The molecule has 1 N–H and O–H groups in total. The molecule has 1 aliphatic rings. The van der Waals surface area contributed by atoms with Gasteiger partial charge in [-0.25, -0.2) is 4.98 Å². The molecule has 0 unspecified atom stereocenters. The highest BCUT2D eigenvalue weighted by Crippen LogP contribution is 2.23. The summed E-state index contributed by atoms with van der Waals surface area (Å²) < 4.78 is 2.99. The Bertz CT molecular complexity index is 563. The van der Waals surface area contributed by atoms with Crippen LogP contribution in [-0.4, -0.2) is 38.4 Å². The Morgan fingerprint density at radius 2 is 2.42 bits per heavy atom. The molecule has 0 saturated carbocycles. The predicted molar refractivity (Wildman–Crippen MR) is 74.9 cm³/mol. The summed E-state index contributed by atoms with van der Waals surface area (Å²) in [4.78, 5) is 21.4. The lowest BCUT2D eigenvalue weighted by atomic mass is 10.1. The van der Waals surface area contributed by atoms with Crippen LogP contribution in [0.15, 0.2) is 35.5 Å². The largest absolute Gasteiger partial charge is 0.356 e. The van der Waals surface area contributed by atoms with Gasteiger partial charge >= 0.3 is 0 Å². The van der Waals surface area contributed by atoms with Gasteiger partial charge in [-0.1, -0.05) is 0 Å². The molecule has 19 heavy (non-hydrogen) atoms. The molecule has 3 rings (SSSR count). The van der Waals surface area contributed by atoms with Crippen molar-refractivity contribution in [2.75, 3.05) is 13.1 Å². The maximum atomic E-state index is 12.4. The van der Waals surface area contributed by atoms with Gasteiger partial charge in [-0.3, -0.25) is 4.79 Å². The highest BCUT2D eigenvalue weighted by Gasteiger charge is 2.25. The first-order chi connectivity index (χ1) is 9.24. The number of halogens is 1. The average molecular weight is 323 g/mol. The number of imidazole rings is 1. The summed E-state index contributed by atoms with van der Waals surface area (Å²) in [5, 5.41) is 0. The third-order valence-corrected chi connectivity index (χ3v) is 3.97. The van der Waals surface area contributed by atoms with E-state index in [1.54, 1.807) is 12.4 Å². The maximum absolute atomic E-state index is 12.4. The van der Waals surface area contributed by atoms with Crippen LogP contribution in [0.3, 0.4) is 0 Å². The smallest absolute Gasteiger partial charge is 0.270 e. The van der Waals surface area contributed by atoms with Crippen molar-refractivity contribution in [3.8, 4) is 0 Å². The van der Waals surface area contributed by atoms with Crippen LogP contribution < -0.4 is 0 Å². The Hall–Kier alpha value is -1.56. The number of rotatable bonds is 2. The quantitative estimate of drug-likeness (QED) is 0.923. The van der Waals surface area contributed by atoms with Gasteiger partial charge in [0.15, 0.2) is 0 Å². The van der Waals surface area contributed by atoms with Crippen LogP contribution in [0, 0.1) is 0 Å². The Balaban J connectivity index is 1.73. The van der Waals surface area contributed by atoms with Crippen molar-refractivity contribution in [3.63, 3.8) is 0 Å². The number of likely N-dealkylation sites (tertiary alicyclic amines) is 1. The van der Waals surface area contributed by atoms with Gasteiger partial charge in [0.25, 0.3) is 5.91 Å². The van der Waals surface area contributed by atoms with E-state index in [-0.39, 0.29) is 5.91 Å². The minimum Gasteiger partial charge on any atom is -0.356 e. The van der Waals surface area contributed by atoms with E-state index in [2.05, 4.69) is 30.5 Å². The Morgan fingerprint density at radius 1 is 1.53 bits per heavy atom. The van der Waals surface area contributed by atoms with E-state index in [9.17, 15) is 4.79 Å². The number of nitrogens with zero attached hydrogens (tertiary/aromatic N) is 3. The van der Waals surface area contributed by atoms with Gasteiger partial charge in [0.05, 0.1) is 12.4 Å². The lowest BCUT2D eigenvalue weighted by Gasteiger charge is -2.33. The van der Waals surface area contributed by atoms with Crippen molar-refractivity contribution >= 4 is 21.8 Å². The van der Waals surface area contributed by atoms with Gasteiger partial charge in [0, 0.05) is 36.2 Å². The van der Waals surface area contributed by atoms with Crippen LogP contribution in [0.5, 0.6) is 0 Å². The Kier molecular flexibility index (Phi) is 3.42. The lowest BCUT2D eigenvalue weighted by molar-refractivity contribution is 0.0674. The van der Waals surface area contributed by atoms with Crippen molar-refractivity contribution in [2.24, 2.45) is 0 Å². The second kappa shape index (κ2) is 5.21. The number of aromatic amines is 1.